The number of amides is 4. The van der Waals surface area contributed by atoms with E-state index in [4.69, 9.17) is 0 Å². The molecule has 3 fully saturated rings. The Hall–Kier alpha value is -1.39. The fourth-order valence-electron chi connectivity index (χ4n) is 2.58. The third-order valence-corrected chi connectivity index (χ3v) is 4.51. The maximum atomic E-state index is 12.2. The van der Waals surface area contributed by atoms with Crippen LogP contribution in [0.25, 0.3) is 0 Å². The standard InChI is InChI=1S/C12H16N2O3/c1-2-11(3-4-11)7-14-9(16)12(5-6-12)8(15)13-10(14)17/h2-7H2,1H3,(H,13,15,17). The fraction of sp³-hybridized carbons (Fsp3) is 0.750. The van der Waals surface area contributed by atoms with Gasteiger partial charge in [0.15, 0.2) is 0 Å². The summed E-state index contributed by atoms with van der Waals surface area (Å²) in [5.41, 5.74) is -0.763. The van der Waals surface area contributed by atoms with Gasteiger partial charge in [0, 0.05) is 6.54 Å². The Morgan fingerprint density at radius 1 is 1.18 bits per heavy atom. The van der Waals surface area contributed by atoms with E-state index in [2.05, 4.69) is 12.2 Å². The van der Waals surface area contributed by atoms with Crippen LogP contribution in [-0.4, -0.2) is 29.3 Å². The lowest BCUT2D eigenvalue weighted by molar-refractivity contribution is -0.145. The predicted molar refractivity (Wildman–Crippen MR) is 58.9 cm³/mol. The number of imide groups is 2. The van der Waals surface area contributed by atoms with Crippen molar-refractivity contribution < 1.29 is 14.4 Å². The van der Waals surface area contributed by atoms with E-state index in [0.29, 0.717) is 19.4 Å². The summed E-state index contributed by atoms with van der Waals surface area (Å²) in [7, 11) is 0. The van der Waals surface area contributed by atoms with E-state index in [1.807, 2.05) is 0 Å². The highest BCUT2D eigenvalue weighted by molar-refractivity contribution is 6.20. The van der Waals surface area contributed by atoms with Crippen LogP contribution in [0.15, 0.2) is 0 Å². The van der Waals surface area contributed by atoms with E-state index in [1.54, 1.807) is 0 Å². The predicted octanol–water partition coefficient (Wildman–Crippen LogP) is 1.04. The molecule has 2 saturated carbocycles. The van der Waals surface area contributed by atoms with E-state index in [1.165, 1.54) is 4.90 Å². The van der Waals surface area contributed by atoms with Crippen LogP contribution < -0.4 is 5.32 Å². The molecular weight excluding hydrogens is 220 g/mol. The summed E-state index contributed by atoms with van der Waals surface area (Å²) < 4.78 is 0. The molecule has 17 heavy (non-hydrogen) atoms. The van der Waals surface area contributed by atoms with Gasteiger partial charge in [-0.25, -0.2) is 4.79 Å². The van der Waals surface area contributed by atoms with Crippen LogP contribution in [0.2, 0.25) is 0 Å². The Morgan fingerprint density at radius 3 is 2.29 bits per heavy atom. The maximum absolute atomic E-state index is 12.2. The van der Waals surface area contributed by atoms with Crippen LogP contribution in [0.4, 0.5) is 4.79 Å². The SMILES string of the molecule is CCC1(CN2C(=O)NC(=O)C3(CC3)C2=O)CC1. The molecule has 5 nitrogen and oxygen atoms in total. The number of nitrogens with one attached hydrogen (secondary N) is 1. The highest BCUT2D eigenvalue weighted by Gasteiger charge is 2.63. The van der Waals surface area contributed by atoms with Crippen molar-refractivity contribution in [2.24, 2.45) is 10.8 Å². The molecule has 1 aliphatic heterocycles. The van der Waals surface area contributed by atoms with Crippen molar-refractivity contribution in [3.63, 3.8) is 0 Å². The number of barbiturate groups is 1. The molecule has 0 aromatic heterocycles. The molecule has 3 aliphatic rings. The Labute approximate surface area is 99.5 Å². The smallest absolute Gasteiger partial charge is 0.277 e. The Morgan fingerprint density at radius 2 is 1.82 bits per heavy atom. The van der Waals surface area contributed by atoms with Gasteiger partial charge in [0.1, 0.15) is 5.41 Å². The summed E-state index contributed by atoms with van der Waals surface area (Å²) in [6.07, 6.45) is 4.29. The topological polar surface area (TPSA) is 66.5 Å². The van der Waals surface area contributed by atoms with Crippen LogP contribution in [-0.2, 0) is 9.59 Å². The van der Waals surface area contributed by atoms with Gasteiger partial charge in [0.05, 0.1) is 0 Å². The number of urea groups is 1. The molecule has 0 radical (unpaired) electrons. The fourth-order valence-corrected chi connectivity index (χ4v) is 2.58. The first-order valence-corrected chi connectivity index (χ1v) is 6.20. The number of carbonyl (C=O) groups excluding carboxylic acids is 3. The first-order chi connectivity index (χ1) is 8.03. The van der Waals surface area contributed by atoms with Gasteiger partial charge in [-0.15, -0.1) is 0 Å². The third kappa shape index (κ3) is 1.41. The number of nitrogens with zero attached hydrogens (tertiary/aromatic N) is 1. The van der Waals surface area contributed by atoms with Gasteiger partial charge < -0.3 is 0 Å². The zero-order valence-electron chi connectivity index (χ0n) is 9.91. The number of hydrogen-bond acceptors (Lipinski definition) is 3. The lowest BCUT2D eigenvalue weighted by Gasteiger charge is -2.32. The van der Waals surface area contributed by atoms with Crippen molar-refractivity contribution in [2.75, 3.05) is 6.54 Å². The lowest BCUT2D eigenvalue weighted by atomic mass is 9.98. The van der Waals surface area contributed by atoms with Crippen LogP contribution in [0, 0.1) is 10.8 Å². The quantitative estimate of drug-likeness (QED) is 0.744. The van der Waals surface area contributed by atoms with Gasteiger partial charge in [0.25, 0.3) is 0 Å². The maximum Gasteiger partial charge on any atom is 0.330 e. The first-order valence-electron chi connectivity index (χ1n) is 6.20. The Bertz CT molecular complexity index is 421. The van der Waals surface area contributed by atoms with Crippen molar-refractivity contribution in [1.82, 2.24) is 10.2 Å². The molecule has 1 saturated heterocycles. The number of rotatable bonds is 3. The largest absolute Gasteiger partial charge is 0.330 e. The molecule has 1 spiro atoms. The Kier molecular flexibility index (Phi) is 1.95. The zero-order valence-corrected chi connectivity index (χ0v) is 9.91. The third-order valence-electron chi connectivity index (χ3n) is 4.51. The van der Waals surface area contributed by atoms with E-state index in [0.717, 1.165) is 19.3 Å². The average Bonchev–Trinajstić information content (AvgIpc) is 3.18. The molecule has 1 N–H and O–H groups in total. The number of hydrogen-bond donors (Lipinski definition) is 1. The molecule has 0 bridgehead atoms. The molecule has 0 unspecified atom stereocenters. The van der Waals surface area contributed by atoms with E-state index in [-0.39, 0.29) is 11.3 Å². The molecule has 4 amide bonds. The van der Waals surface area contributed by atoms with E-state index in [9.17, 15) is 14.4 Å². The molecule has 1 heterocycles. The highest BCUT2D eigenvalue weighted by atomic mass is 16.2. The van der Waals surface area contributed by atoms with Gasteiger partial charge in [-0.3, -0.25) is 19.8 Å². The molecule has 0 aromatic rings. The van der Waals surface area contributed by atoms with Gasteiger partial charge in [0.2, 0.25) is 11.8 Å². The van der Waals surface area contributed by atoms with E-state index >= 15 is 0 Å². The van der Waals surface area contributed by atoms with Gasteiger partial charge in [-0.2, -0.15) is 0 Å². The number of carbonyl (C=O) groups is 3. The van der Waals surface area contributed by atoms with Crippen molar-refractivity contribution in [3.05, 3.63) is 0 Å². The molecule has 92 valence electrons. The van der Waals surface area contributed by atoms with Gasteiger partial charge >= 0.3 is 6.03 Å². The summed E-state index contributed by atoms with van der Waals surface area (Å²) in [4.78, 5) is 36.8. The monoisotopic (exact) mass is 236 g/mol. The van der Waals surface area contributed by atoms with Crippen LogP contribution in [0.1, 0.15) is 39.0 Å². The summed E-state index contributed by atoms with van der Waals surface area (Å²) in [6, 6.07) is -0.530. The average molecular weight is 236 g/mol. The van der Waals surface area contributed by atoms with Crippen molar-refractivity contribution >= 4 is 17.8 Å². The zero-order chi connectivity index (χ0) is 12.3. The molecule has 0 aromatic carbocycles. The normalized spacial score (nSPS) is 28.3. The van der Waals surface area contributed by atoms with E-state index < -0.39 is 17.4 Å². The minimum absolute atomic E-state index is 0.128. The minimum atomic E-state index is -0.891. The second-order valence-corrected chi connectivity index (χ2v) is 5.59. The van der Waals surface area contributed by atoms with Crippen molar-refractivity contribution in [3.8, 4) is 0 Å². The minimum Gasteiger partial charge on any atom is -0.277 e. The Balaban J connectivity index is 1.81. The van der Waals surface area contributed by atoms with Crippen molar-refractivity contribution in [2.45, 2.75) is 39.0 Å². The molecule has 2 aliphatic carbocycles. The second-order valence-electron chi connectivity index (χ2n) is 5.59. The molecule has 3 rings (SSSR count). The van der Waals surface area contributed by atoms with Crippen LogP contribution >= 0.6 is 0 Å². The molecular formula is C12H16N2O3. The molecule has 5 heteroatoms. The summed E-state index contributed by atoms with van der Waals surface area (Å²) >= 11 is 0. The lowest BCUT2D eigenvalue weighted by Crippen LogP contribution is -2.60. The first kappa shape index (κ1) is 10.7. The highest BCUT2D eigenvalue weighted by Crippen LogP contribution is 2.53. The second kappa shape index (κ2) is 3.09. The van der Waals surface area contributed by atoms with Gasteiger partial charge in [-0.1, -0.05) is 6.92 Å². The van der Waals surface area contributed by atoms with Crippen molar-refractivity contribution in [1.29, 1.82) is 0 Å². The summed E-state index contributed by atoms with van der Waals surface area (Å²) in [5, 5.41) is 2.31. The van der Waals surface area contributed by atoms with Crippen LogP contribution in [0.5, 0.6) is 0 Å². The van der Waals surface area contributed by atoms with Gasteiger partial charge in [-0.05, 0) is 37.5 Å². The molecule has 0 atom stereocenters. The summed E-state index contributed by atoms with van der Waals surface area (Å²) in [5.74, 6) is -0.670. The summed E-state index contributed by atoms with van der Waals surface area (Å²) in [6.45, 7) is 2.56. The van der Waals surface area contributed by atoms with Crippen LogP contribution in [0.3, 0.4) is 0 Å².